The first kappa shape index (κ1) is 9.05. The molecule has 1 rings (SSSR count). The monoisotopic (exact) mass is 159 g/mol. The third kappa shape index (κ3) is 2.54. The number of unbranched alkanes of at least 4 members (excludes halogenated alkanes) is 1. The van der Waals surface area contributed by atoms with Crippen LogP contribution in [0.1, 0.15) is 24.0 Å². The predicted molar refractivity (Wildman–Crippen MR) is 53.0 cm³/mol. The minimum Gasteiger partial charge on any atom is -0.0845 e. The number of aryl methyl sites for hydroxylation is 2. The molecule has 1 radical (unpaired) electrons. The SMILES string of the molecule is [CH]=CCCCc1ccccc1C. The van der Waals surface area contributed by atoms with Crippen LogP contribution in [0.3, 0.4) is 0 Å². The van der Waals surface area contributed by atoms with Crippen molar-refractivity contribution in [1.82, 2.24) is 0 Å². The fraction of sp³-hybridized carbons (Fsp3) is 0.333. The second kappa shape index (κ2) is 4.76. The van der Waals surface area contributed by atoms with Crippen LogP contribution in [0.4, 0.5) is 0 Å². The molecule has 0 unspecified atom stereocenters. The Morgan fingerprint density at radius 1 is 1.33 bits per heavy atom. The highest BCUT2D eigenvalue weighted by molar-refractivity contribution is 5.25. The zero-order valence-electron chi connectivity index (χ0n) is 7.59. The Labute approximate surface area is 74.9 Å². The minimum atomic E-state index is 1.01. The molecule has 0 aliphatic rings. The molecule has 1 aromatic carbocycles. The van der Waals surface area contributed by atoms with Gasteiger partial charge in [-0.15, -0.1) is 0 Å². The van der Waals surface area contributed by atoms with Gasteiger partial charge in [0.1, 0.15) is 0 Å². The quantitative estimate of drug-likeness (QED) is 0.591. The van der Waals surface area contributed by atoms with Gasteiger partial charge in [-0.25, -0.2) is 0 Å². The van der Waals surface area contributed by atoms with Gasteiger partial charge in [-0.3, -0.25) is 0 Å². The molecule has 0 bridgehead atoms. The van der Waals surface area contributed by atoms with Crippen molar-refractivity contribution in [2.75, 3.05) is 0 Å². The van der Waals surface area contributed by atoms with E-state index in [0.717, 1.165) is 19.3 Å². The lowest BCUT2D eigenvalue weighted by atomic mass is 10.0. The van der Waals surface area contributed by atoms with E-state index in [1.165, 1.54) is 11.1 Å². The summed E-state index contributed by atoms with van der Waals surface area (Å²) >= 11 is 0. The highest BCUT2D eigenvalue weighted by atomic mass is 14.0. The third-order valence-electron chi connectivity index (χ3n) is 2.08. The molecular formula is C12H15. The summed E-state index contributed by atoms with van der Waals surface area (Å²) in [5.41, 5.74) is 2.83. The Bertz CT molecular complexity index is 248. The van der Waals surface area contributed by atoms with Gasteiger partial charge in [0.05, 0.1) is 0 Å². The van der Waals surface area contributed by atoms with Crippen LogP contribution in [-0.2, 0) is 6.42 Å². The summed E-state index contributed by atoms with van der Waals surface area (Å²) < 4.78 is 0. The fourth-order valence-electron chi connectivity index (χ4n) is 1.30. The van der Waals surface area contributed by atoms with Gasteiger partial charge in [0.15, 0.2) is 0 Å². The van der Waals surface area contributed by atoms with Crippen molar-refractivity contribution in [3.63, 3.8) is 0 Å². The predicted octanol–water partition coefficient (Wildman–Crippen LogP) is 3.31. The lowest BCUT2D eigenvalue weighted by Crippen LogP contribution is -1.87. The van der Waals surface area contributed by atoms with E-state index < -0.39 is 0 Å². The van der Waals surface area contributed by atoms with Crippen molar-refractivity contribution in [2.24, 2.45) is 0 Å². The Kier molecular flexibility index (Phi) is 3.59. The van der Waals surface area contributed by atoms with Crippen molar-refractivity contribution >= 4 is 0 Å². The molecule has 0 amide bonds. The Morgan fingerprint density at radius 3 is 2.75 bits per heavy atom. The number of rotatable bonds is 4. The van der Waals surface area contributed by atoms with Crippen molar-refractivity contribution in [3.05, 3.63) is 48.0 Å². The summed E-state index contributed by atoms with van der Waals surface area (Å²) in [6.45, 7) is 7.46. The molecule has 0 fully saturated rings. The van der Waals surface area contributed by atoms with Gasteiger partial charge in [0, 0.05) is 0 Å². The van der Waals surface area contributed by atoms with Gasteiger partial charge < -0.3 is 0 Å². The van der Waals surface area contributed by atoms with Gasteiger partial charge in [-0.1, -0.05) is 36.9 Å². The Balaban J connectivity index is 2.51. The average molecular weight is 159 g/mol. The van der Waals surface area contributed by atoms with E-state index in [2.05, 4.69) is 31.2 Å². The molecule has 0 aliphatic carbocycles. The van der Waals surface area contributed by atoms with Crippen LogP contribution in [0.2, 0.25) is 0 Å². The largest absolute Gasteiger partial charge is 0.0845 e. The molecule has 0 saturated carbocycles. The smallest absolute Gasteiger partial charge is 0.0273 e. The van der Waals surface area contributed by atoms with E-state index in [4.69, 9.17) is 6.58 Å². The Morgan fingerprint density at radius 2 is 2.08 bits per heavy atom. The zero-order chi connectivity index (χ0) is 8.81. The van der Waals surface area contributed by atoms with Crippen LogP contribution in [0, 0.1) is 13.5 Å². The van der Waals surface area contributed by atoms with E-state index in [0.29, 0.717) is 0 Å². The summed E-state index contributed by atoms with van der Waals surface area (Å²) in [6, 6.07) is 8.51. The molecule has 0 heteroatoms. The first-order valence-corrected chi connectivity index (χ1v) is 4.42. The Hall–Kier alpha value is -1.04. The highest BCUT2D eigenvalue weighted by Gasteiger charge is 1.94. The van der Waals surface area contributed by atoms with Crippen LogP contribution in [-0.4, -0.2) is 0 Å². The summed E-state index contributed by atoms with van der Waals surface area (Å²) in [6.07, 6.45) is 5.04. The normalized spacial score (nSPS) is 9.75. The van der Waals surface area contributed by atoms with Gasteiger partial charge >= 0.3 is 0 Å². The summed E-state index contributed by atoms with van der Waals surface area (Å²) in [5, 5.41) is 0. The molecular weight excluding hydrogens is 144 g/mol. The third-order valence-corrected chi connectivity index (χ3v) is 2.08. The molecule has 0 heterocycles. The van der Waals surface area contributed by atoms with E-state index in [1.807, 2.05) is 0 Å². The maximum atomic E-state index is 5.31. The van der Waals surface area contributed by atoms with E-state index in [9.17, 15) is 0 Å². The molecule has 0 nitrogen and oxygen atoms in total. The lowest BCUT2D eigenvalue weighted by Gasteiger charge is -2.02. The van der Waals surface area contributed by atoms with E-state index in [1.54, 1.807) is 6.08 Å². The van der Waals surface area contributed by atoms with Crippen molar-refractivity contribution in [3.8, 4) is 0 Å². The molecule has 0 aromatic heterocycles. The van der Waals surface area contributed by atoms with Crippen LogP contribution < -0.4 is 0 Å². The lowest BCUT2D eigenvalue weighted by molar-refractivity contribution is 0.838. The van der Waals surface area contributed by atoms with Gasteiger partial charge in [0.25, 0.3) is 0 Å². The summed E-state index contributed by atoms with van der Waals surface area (Å²) in [7, 11) is 0. The second-order valence-electron chi connectivity index (χ2n) is 3.05. The van der Waals surface area contributed by atoms with Gasteiger partial charge in [0.2, 0.25) is 0 Å². The zero-order valence-corrected chi connectivity index (χ0v) is 7.59. The van der Waals surface area contributed by atoms with E-state index >= 15 is 0 Å². The van der Waals surface area contributed by atoms with Crippen molar-refractivity contribution in [2.45, 2.75) is 26.2 Å². The number of hydrogen-bond acceptors (Lipinski definition) is 0. The number of benzene rings is 1. The number of hydrogen-bond donors (Lipinski definition) is 0. The van der Waals surface area contributed by atoms with Crippen LogP contribution in [0.15, 0.2) is 30.3 Å². The average Bonchev–Trinajstić information content (AvgIpc) is 2.09. The topological polar surface area (TPSA) is 0 Å². The molecule has 0 spiro atoms. The molecule has 1 aromatic rings. The van der Waals surface area contributed by atoms with E-state index in [-0.39, 0.29) is 0 Å². The van der Waals surface area contributed by atoms with Gasteiger partial charge in [-0.2, -0.15) is 0 Å². The molecule has 12 heavy (non-hydrogen) atoms. The first-order chi connectivity index (χ1) is 5.84. The molecule has 0 atom stereocenters. The maximum Gasteiger partial charge on any atom is -0.0273 e. The maximum absolute atomic E-state index is 5.31. The molecule has 63 valence electrons. The summed E-state index contributed by atoms with van der Waals surface area (Å²) in [4.78, 5) is 0. The van der Waals surface area contributed by atoms with Crippen molar-refractivity contribution < 1.29 is 0 Å². The molecule has 0 N–H and O–H groups in total. The number of allylic oxidation sites excluding steroid dienone is 1. The van der Waals surface area contributed by atoms with Crippen LogP contribution >= 0.6 is 0 Å². The fourth-order valence-corrected chi connectivity index (χ4v) is 1.30. The van der Waals surface area contributed by atoms with Crippen molar-refractivity contribution in [1.29, 1.82) is 0 Å². The highest BCUT2D eigenvalue weighted by Crippen LogP contribution is 2.10. The van der Waals surface area contributed by atoms with Crippen LogP contribution in [0.5, 0.6) is 0 Å². The van der Waals surface area contributed by atoms with Gasteiger partial charge in [-0.05, 0) is 37.3 Å². The molecule has 0 saturated heterocycles. The minimum absolute atomic E-state index is 1.01. The molecule has 0 aliphatic heterocycles. The standard InChI is InChI=1S/C12H15/c1-3-4-5-9-12-10-7-6-8-11(12)2/h1,3,6-8,10H,4-5,9H2,2H3. The first-order valence-electron chi connectivity index (χ1n) is 4.42. The second-order valence-corrected chi connectivity index (χ2v) is 3.05. The summed E-state index contributed by atoms with van der Waals surface area (Å²) in [5.74, 6) is 0. The van der Waals surface area contributed by atoms with Crippen LogP contribution in [0.25, 0.3) is 0 Å².